The Bertz CT molecular complexity index is 804. The van der Waals surface area contributed by atoms with Crippen LogP contribution in [0.5, 0.6) is 11.5 Å². The van der Waals surface area contributed by atoms with Crippen LogP contribution in [0, 0.1) is 0 Å². The second-order valence-corrected chi connectivity index (χ2v) is 5.43. The van der Waals surface area contributed by atoms with E-state index in [-0.39, 0.29) is 5.91 Å². The predicted molar refractivity (Wildman–Crippen MR) is 90.0 cm³/mol. The van der Waals surface area contributed by atoms with Gasteiger partial charge in [-0.2, -0.15) is 0 Å². The number of amides is 1. The third-order valence-corrected chi connectivity index (χ3v) is 4.21. The third-order valence-electron chi connectivity index (χ3n) is 4.21. The van der Waals surface area contributed by atoms with Crippen LogP contribution in [0.2, 0.25) is 0 Å². The van der Waals surface area contributed by atoms with Crippen molar-refractivity contribution in [2.75, 3.05) is 26.2 Å². The SMILES string of the molecule is COc1ccc(C2NC(=O)c3ccccc3N2C)c(C=O)c1OC. The van der Waals surface area contributed by atoms with E-state index in [4.69, 9.17) is 9.47 Å². The van der Waals surface area contributed by atoms with Gasteiger partial charge in [0.05, 0.1) is 31.0 Å². The molecule has 0 fully saturated rings. The third kappa shape index (κ3) is 2.36. The van der Waals surface area contributed by atoms with Crippen molar-refractivity contribution in [3.8, 4) is 11.5 Å². The molecule has 0 saturated carbocycles. The number of carbonyl (C=O) groups is 2. The molecule has 1 unspecified atom stereocenters. The number of benzene rings is 2. The first-order valence-corrected chi connectivity index (χ1v) is 7.45. The number of carbonyl (C=O) groups excluding carboxylic acids is 2. The van der Waals surface area contributed by atoms with Gasteiger partial charge in [0, 0.05) is 12.6 Å². The van der Waals surface area contributed by atoms with E-state index in [1.165, 1.54) is 14.2 Å². The normalized spacial score (nSPS) is 16.2. The lowest BCUT2D eigenvalue weighted by Crippen LogP contribution is -2.45. The molecule has 0 bridgehead atoms. The first kappa shape index (κ1) is 15.9. The molecule has 0 aliphatic carbocycles. The molecule has 1 heterocycles. The van der Waals surface area contributed by atoms with Gasteiger partial charge in [-0.25, -0.2) is 0 Å². The molecule has 0 saturated heterocycles. The summed E-state index contributed by atoms with van der Waals surface area (Å²) in [5.41, 5.74) is 2.41. The van der Waals surface area contributed by atoms with Crippen molar-refractivity contribution < 1.29 is 19.1 Å². The molecule has 0 radical (unpaired) electrons. The van der Waals surface area contributed by atoms with Crippen LogP contribution in [0.15, 0.2) is 36.4 Å². The summed E-state index contributed by atoms with van der Waals surface area (Å²) >= 11 is 0. The molecule has 6 nitrogen and oxygen atoms in total. The van der Waals surface area contributed by atoms with Crippen molar-refractivity contribution >= 4 is 17.9 Å². The molecular weight excluding hydrogens is 308 g/mol. The quantitative estimate of drug-likeness (QED) is 0.874. The molecule has 124 valence electrons. The largest absolute Gasteiger partial charge is 0.493 e. The average Bonchev–Trinajstić information content (AvgIpc) is 2.63. The summed E-state index contributed by atoms with van der Waals surface area (Å²) in [5, 5.41) is 2.93. The average molecular weight is 326 g/mol. The van der Waals surface area contributed by atoms with Gasteiger partial charge in [-0.1, -0.05) is 18.2 Å². The number of nitrogens with one attached hydrogen (secondary N) is 1. The molecule has 3 rings (SSSR count). The fourth-order valence-electron chi connectivity index (χ4n) is 3.02. The number of aldehydes is 1. The summed E-state index contributed by atoms with van der Waals surface area (Å²) in [7, 11) is 4.86. The molecule has 1 amide bonds. The van der Waals surface area contributed by atoms with Crippen molar-refractivity contribution in [2.24, 2.45) is 0 Å². The maximum absolute atomic E-state index is 12.4. The van der Waals surface area contributed by atoms with E-state index in [1.807, 2.05) is 30.1 Å². The number of methoxy groups -OCH3 is 2. The number of fused-ring (bicyclic) bond motifs is 1. The Hall–Kier alpha value is -3.02. The van der Waals surface area contributed by atoms with Crippen LogP contribution < -0.4 is 19.7 Å². The second kappa shape index (κ2) is 6.23. The van der Waals surface area contributed by atoms with Crippen LogP contribution in [0.4, 0.5) is 5.69 Å². The van der Waals surface area contributed by atoms with E-state index in [9.17, 15) is 9.59 Å². The van der Waals surface area contributed by atoms with E-state index in [1.54, 1.807) is 18.2 Å². The molecule has 0 spiro atoms. The van der Waals surface area contributed by atoms with Crippen LogP contribution in [0.25, 0.3) is 0 Å². The van der Waals surface area contributed by atoms with Crippen molar-refractivity contribution in [1.29, 1.82) is 0 Å². The number of hydrogen-bond acceptors (Lipinski definition) is 5. The smallest absolute Gasteiger partial charge is 0.255 e. The van der Waals surface area contributed by atoms with Crippen LogP contribution in [0.1, 0.15) is 32.4 Å². The summed E-state index contributed by atoms with van der Waals surface area (Å²) in [5.74, 6) is 0.639. The van der Waals surface area contributed by atoms with E-state index in [0.717, 1.165) is 12.0 Å². The predicted octanol–water partition coefficient (Wildman–Crippen LogP) is 2.39. The standard InChI is InChI=1S/C18H18N2O4/c1-20-14-7-5-4-6-12(14)18(22)19-17(20)11-8-9-15(23-2)16(24-3)13(11)10-21/h4-10,17H,1-3H3,(H,19,22). The van der Waals surface area contributed by atoms with E-state index >= 15 is 0 Å². The Morgan fingerprint density at radius 1 is 1.12 bits per heavy atom. The van der Waals surface area contributed by atoms with E-state index in [2.05, 4.69) is 5.32 Å². The molecule has 2 aromatic rings. The zero-order valence-electron chi connectivity index (χ0n) is 13.7. The molecule has 1 atom stereocenters. The number of nitrogens with zero attached hydrogens (tertiary/aromatic N) is 1. The van der Waals surface area contributed by atoms with Gasteiger partial charge in [0.15, 0.2) is 17.8 Å². The fourth-order valence-corrected chi connectivity index (χ4v) is 3.02. The first-order valence-electron chi connectivity index (χ1n) is 7.45. The van der Waals surface area contributed by atoms with E-state index in [0.29, 0.717) is 28.2 Å². The molecule has 6 heteroatoms. The first-order chi connectivity index (χ1) is 11.6. The Labute approximate surface area is 140 Å². The van der Waals surface area contributed by atoms with Gasteiger partial charge in [-0.15, -0.1) is 0 Å². The Morgan fingerprint density at radius 2 is 1.88 bits per heavy atom. The maximum Gasteiger partial charge on any atom is 0.255 e. The summed E-state index contributed by atoms with van der Waals surface area (Å²) in [6, 6.07) is 10.8. The zero-order chi connectivity index (χ0) is 17.3. The molecule has 24 heavy (non-hydrogen) atoms. The molecule has 1 N–H and O–H groups in total. The van der Waals surface area contributed by atoms with Gasteiger partial charge in [-0.05, 0) is 18.2 Å². The molecule has 0 aromatic heterocycles. The highest BCUT2D eigenvalue weighted by molar-refractivity contribution is 6.02. The Balaban J connectivity index is 2.13. The van der Waals surface area contributed by atoms with Crippen molar-refractivity contribution in [2.45, 2.75) is 6.17 Å². The monoisotopic (exact) mass is 326 g/mol. The topological polar surface area (TPSA) is 67.9 Å². The number of hydrogen-bond donors (Lipinski definition) is 1. The summed E-state index contributed by atoms with van der Waals surface area (Å²) in [6.45, 7) is 0. The molecule has 1 aliphatic heterocycles. The maximum atomic E-state index is 12.4. The van der Waals surface area contributed by atoms with Crippen LogP contribution in [-0.2, 0) is 0 Å². The van der Waals surface area contributed by atoms with Crippen LogP contribution in [0.3, 0.4) is 0 Å². The van der Waals surface area contributed by atoms with E-state index < -0.39 is 6.17 Å². The zero-order valence-corrected chi connectivity index (χ0v) is 13.7. The Morgan fingerprint density at radius 3 is 2.54 bits per heavy atom. The van der Waals surface area contributed by atoms with Gasteiger partial charge in [0.1, 0.15) is 6.17 Å². The highest BCUT2D eigenvalue weighted by Gasteiger charge is 2.31. The minimum Gasteiger partial charge on any atom is -0.493 e. The number of rotatable bonds is 4. The molecule has 2 aromatic carbocycles. The number of ether oxygens (including phenoxy) is 2. The lowest BCUT2D eigenvalue weighted by Gasteiger charge is -2.37. The van der Waals surface area contributed by atoms with Crippen LogP contribution in [-0.4, -0.2) is 33.5 Å². The number of anilines is 1. The lowest BCUT2D eigenvalue weighted by atomic mass is 9.99. The molecular formula is C18H18N2O4. The van der Waals surface area contributed by atoms with Crippen LogP contribution >= 0.6 is 0 Å². The Kier molecular flexibility index (Phi) is 4.12. The highest BCUT2D eigenvalue weighted by atomic mass is 16.5. The van der Waals surface area contributed by atoms with Crippen molar-refractivity contribution in [3.05, 3.63) is 53.1 Å². The summed E-state index contributed by atoms with van der Waals surface area (Å²) in [4.78, 5) is 26.0. The van der Waals surface area contributed by atoms with Crippen molar-refractivity contribution in [1.82, 2.24) is 5.32 Å². The number of para-hydroxylation sites is 1. The van der Waals surface area contributed by atoms with Gasteiger partial charge >= 0.3 is 0 Å². The summed E-state index contributed by atoms with van der Waals surface area (Å²) in [6.07, 6.45) is 0.240. The van der Waals surface area contributed by atoms with Gasteiger partial charge in [0.2, 0.25) is 0 Å². The summed E-state index contributed by atoms with van der Waals surface area (Å²) < 4.78 is 10.6. The van der Waals surface area contributed by atoms with Gasteiger partial charge < -0.3 is 19.7 Å². The minimum atomic E-state index is -0.479. The second-order valence-electron chi connectivity index (χ2n) is 5.43. The highest BCUT2D eigenvalue weighted by Crippen LogP contribution is 2.38. The minimum absolute atomic E-state index is 0.180. The van der Waals surface area contributed by atoms with Crippen molar-refractivity contribution in [3.63, 3.8) is 0 Å². The van der Waals surface area contributed by atoms with Gasteiger partial charge in [-0.3, -0.25) is 9.59 Å². The fraction of sp³-hybridized carbons (Fsp3) is 0.222. The lowest BCUT2D eigenvalue weighted by molar-refractivity contribution is 0.0926. The molecule has 1 aliphatic rings. The van der Waals surface area contributed by atoms with Gasteiger partial charge in [0.25, 0.3) is 5.91 Å².